The maximum Gasteiger partial charge on any atom is 0.254 e. The molecule has 0 saturated carbocycles. The molecule has 134 valence electrons. The molecule has 1 aromatic rings. The molecule has 1 aromatic carbocycles. The monoisotopic (exact) mass is 365 g/mol. The number of hydrogen-bond donors (Lipinski definition) is 3. The lowest BCUT2D eigenvalue weighted by molar-refractivity contribution is -0.122. The van der Waals surface area contributed by atoms with Crippen molar-refractivity contribution < 1.29 is 22.8 Å². The SMILES string of the molecule is O=C(CC[C@H]1NC(=O)c2ccccc2NC1=O)N[C@@H]1CCS(=O)(=O)C1. The second kappa shape index (κ2) is 6.83. The van der Waals surface area contributed by atoms with Gasteiger partial charge in [-0.2, -0.15) is 0 Å². The Morgan fingerprint density at radius 1 is 1.24 bits per heavy atom. The molecule has 0 aromatic heterocycles. The third-order valence-electron chi connectivity index (χ3n) is 4.31. The van der Waals surface area contributed by atoms with Gasteiger partial charge in [0.2, 0.25) is 11.8 Å². The number of nitrogens with one attached hydrogen (secondary N) is 3. The normalized spacial score (nSPS) is 24.6. The highest BCUT2D eigenvalue weighted by Gasteiger charge is 2.30. The second-order valence-electron chi connectivity index (χ2n) is 6.27. The molecule has 0 spiro atoms. The van der Waals surface area contributed by atoms with Gasteiger partial charge in [0, 0.05) is 12.5 Å². The first-order valence-corrected chi connectivity index (χ1v) is 9.87. The number of benzene rings is 1. The summed E-state index contributed by atoms with van der Waals surface area (Å²) in [5, 5.41) is 7.97. The summed E-state index contributed by atoms with van der Waals surface area (Å²) in [6, 6.07) is 5.48. The lowest BCUT2D eigenvalue weighted by Crippen LogP contribution is -2.42. The molecule has 3 amide bonds. The van der Waals surface area contributed by atoms with Crippen LogP contribution in [0.25, 0.3) is 0 Å². The fourth-order valence-corrected chi connectivity index (χ4v) is 4.67. The first-order chi connectivity index (χ1) is 11.8. The van der Waals surface area contributed by atoms with E-state index in [1.807, 2.05) is 0 Å². The summed E-state index contributed by atoms with van der Waals surface area (Å²) in [4.78, 5) is 36.4. The summed E-state index contributed by atoms with van der Waals surface area (Å²) in [6.07, 6.45) is 0.562. The summed E-state index contributed by atoms with van der Waals surface area (Å²) in [5.41, 5.74) is 0.812. The van der Waals surface area contributed by atoms with Crippen molar-refractivity contribution in [3.8, 4) is 0 Å². The zero-order valence-corrected chi connectivity index (χ0v) is 14.3. The Kier molecular flexibility index (Phi) is 4.76. The van der Waals surface area contributed by atoms with Crippen LogP contribution in [0.5, 0.6) is 0 Å². The van der Waals surface area contributed by atoms with Gasteiger partial charge in [0.25, 0.3) is 5.91 Å². The van der Waals surface area contributed by atoms with Crippen LogP contribution in [-0.2, 0) is 19.4 Å². The molecule has 25 heavy (non-hydrogen) atoms. The van der Waals surface area contributed by atoms with Gasteiger partial charge >= 0.3 is 0 Å². The molecule has 9 heteroatoms. The van der Waals surface area contributed by atoms with Crippen LogP contribution in [0.3, 0.4) is 0 Å². The maximum absolute atomic E-state index is 12.2. The lowest BCUT2D eigenvalue weighted by atomic mass is 10.1. The summed E-state index contributed by atoms with van der Waals surface area (Å²) >= 11 is 0. The van der Waals surface area contributed by atoms with Gasteiger partial charge in [-0.1, -0.05) is 12.1 Å². The van der Waals surface area contributed by atoms with E-state index in [9.17, 15) is 22.8 Å². The number of para-hydroxylation sites is 1. The average Bonchev–Trinajstić information content (AvgIpc) is 2.83. The molecule has 0 unspecified atom stereocenters. The lowest BCUT2D eigenvalue weighted by Gasteiger charge is -2.15. The fourth-order valence-electron chi connectivity index (χ4n) is 3.00. The number of anilines is 1. The topological polar surface area (TPSA) is 121 Å². The van der Waals surface area contributed by atoms with E-state index in [0.29, 0.717) is 17.7 Å². The molecule has 2 heterocycles. The van der Waals surface area contributed by atoms with Gasteiger partial charge in [0.15, 0.2) is 9.84 Å². The zero-order valence-electron chi connectivity index (χ0n) is 13.4. The predicted octanol–water partition coefficient (Wildman–Crippen LogP) is -0.179. The molecular formula is C16H19N3O5S. The van der Waals surface area contributed by atoms with Crippen LogP contribution in [0.4, 0.5) is 5.69 Å². The van der Waals surface area contributed by atoms with E-state index in [1.54, 1.807) is 24.3 Å². The van der Waals surface area contributed by atoms with Crippen molar-refractivity contribution in [1.82, 2.24) is 10.6 Å². The van der Waals surface area contributed by atoms with Gasteiger partial charge in [-0.3, -0.25) is 14.4 Å². The number of rotatable bonds is 4. The van der Waals surface area contributed by atoms with Gasteiger partial charge in [0.05, 0.1) is 22.8 Å². The highest BCUT2D eigenvalue weighted by atomic mass is 32.2. The van der Waals surface area contributed by atoms with Gasteiger partial charge < -0.3 is 16.0 Å². The van der Waals surface area contributed by atoms with E-state index in [2.05, 4.69) is 16.0 Å². The van der Waals surface area contributed by atoms with Gasteiger partial charge in [-0.25, -0.2) is 8.42 Å². The van der Waals surface area contributed by atoms with Gasteiger partial charge in [-0.05, 0) is 25.0 Å². The predicted molar refractivity (Wildman–Crippen MR) is 90.8 cm³/mol. The molecule has 3 N–H and O–H groups in total. The van der Waals surface area contributed by atoms with Gasteiger partial charge in [-0.15, -0.1) is 0 Å². The second-order valence-corrected chi connectivity index (χ2v) is 8.50. The summed E-state index contributed by atoms with van der Waals surface area (Å²) in [7, 11) is -3.06. The molecule has 2 atom stereocenters. The molecule has 0 aliphatic carbocycles. The largest absolute Gasteiger partial charge is 0.352 e. The maximum atomic E-state index is 12.2. The summed E-state index contributed by atoms with van der Waals surface area (Å²) in [5.74, 6) is -1.05. The van der Waals surface area contributed by atoms with Crippen molar-refractivity contribution in [3.63, 3.8) is 0 Å². The van der Waals surface area contributed by atoms with Crippen LogP contribution in [0, 0.1) is 0 Å². The third kappa shape index (κ3) is 4.16. The Bertz CT molecular complexity index is 821. The summed E-state index contributed by atoms with van der Waals surface area (Å²) in [6.45, 7) is 0. The van der Waals surface area contributed by atoms with Crippen molar-refractivity contribution in [2.45, 2.75) is 31.3 Å². The van der Waals surface area contributed by atoms with Crippen LogP contribution in [-0.4, -0.2) is 49.7 Å². The minimum atomic E-state index is -3.06. The van der Waals surface area contributed by atoms with Crippen LogP contribution in [0.1, 0.15) is 29.6 Å². The molecule has 0 bridgehead atoms. The first kappa shape index (κ1) is 17.4. The Morgan fingerprint density at radius 2 is 2.00 bits per heavy atom. The Labute approximate surface area is 145 Å². The molecule has 0 radical (unpaired) electrons. The standard InChI is InChI=1S/C16H19N3O5S/c20-14(17-10-7-8-25(23,24)9-10)6-5-13-16(22)18-12-4-2-1-3-11(12)15(21)19-13/h1-4,10,13H,5-9H2,(H,17,20)(H,18,22)(H,19,21)/t10-,13-/m1/s1. The van der Waals surface area contributed by atoms with E-state index >= 15 is 0 Å². The van der Waals surface area contributed by atoms with Crippen molar-refractivity contribution in [2.24, 2.45) is 0 Å². The summed E-state index contributed by atoms with van der Waals surface area (Å²) < 4.78 is 22.8. The van der Waals surface area contributed by atoms with E-state index in [4.69, 9.17) is 0 Å². The Balaban J connectivity index is 1.56. The highest BCUT2D eigenvalue weighted by molar-refractivity contribution is 7.91. The molecule has 2 aliphatic rings. The molecular weight excluding hydrogens is 346 g/mol. The number of carbonyl (C=O) groups is 3. The van der Waals surface area contributed by atoms with E-state index in [-0.39, 0.29) is 48.1 Å². The quantitative estimate of drug-likeness (QED) is 0.683. The van der Waals surface area contributed by atoms with Crippen LogP contribution in [0.2, 0.25) is 0 Å². The molecule has 3 rings (SSSR count). The highest BCUT2D eigenvalue weighted by Crippen LogP contribution is 2.19. The van der Waals surface area contributed by atoms with E-state index in [1.165, 1.54) is 0 Å². The fraction of sp³-hybridized carbons (Fsp3) is 0.438. The molecule has 1 saturated heterocycles. The van der Waals surface area contributed by atoms with Crippen molar-refractivity contribution in [3.05, 3.63) is 29.8 Å². The van der Waals surface area contributed by atoms with Crippen LogP contribution >= 0.6 is 0 Å². The van der Waals surface area contributed by atoms with E-state index in [0.717, 1.165) is 0 Å². The molecule has 1 fully saturated rings. The van der Waals surface area contributed by atoms with Crippen molar-refractivity contribution in [2.75, 3.05) is 16.8 Å². The van der Waals surface area contributed by atoms with E-state index < -0.39 is 15.9 Å². The van der Waals surface area contributed by atoms with Gasteiger partial charge in [0.1, 0.15) is 6.04 Å². The number of hydrogen-bond acceptors (Lipinski definition) is 5. The molecule has 2 aliphatic heterocycles. The van der Waals surface area contributed by atoms with Crippen LogP contribution < -0.4 is 16.0 Å². The zero-order chi connectivity index (χ0) is 18.0. The minimum absolute atomic E-state index is 0.0191. The van der Waals surface area contributed by atoms with Crippen molar-refractivity contribution >= 4 is 33.2 Å². The Hall–Kier alpha value is -2.42. The Morgan fingerprint density at radius 3 is 2.72 bits per heavy atom. The number of amides is 3. The third-order valence-corrected chi connectivity index (χ3v) is 6.08. The number of sulfone groups is 1. The minimum Gasteiger partial charge on any atom is -0.352 e. The first-order valence-electron chi connectivity index (χ1n) is 8.04. The smallest absolute Gasteiger partial charge is 0.254 e. The molecule has 8 nitrogen and oxygen atoms in total. The number of fused-ring (bicyclic) bond motifs is 1. The van der Waals surface area contributed by atoms with Crippen molar-refractivity contribution in [1.29, 1.82) is 0 Å². The average molecular weight is 365 g/mol. The van der Waals surface area contributed by atoms with Crippen LogP contribution in [0.15, 0.2) is 24.3 Å². The number of carbonyl (C=O) groups excluding carboxylic acids is 3.